The molecule has 3 N–H and O–H groups in total. The molecule has 3 aliphatic rings. The van der Waals surface area contributed by atoms with E-state index in [0.717, 1.165) is 36.4 Å². The third-order valence-electron chi connectivity index (χ3n) is 6.82. The maximum Gasteiger partial charge on any atom is 0.264 e. The maximum atomic E-state index is 13.2. The van der Waals surface area contributed by atoms with Crippen molar-refractivity contribution in [2.75, 3.05) is 18.4 Å². The van der Waals surface area contributed by atoms with Crippen molar-refractivity contribution in [1.29, 1.82) is 0 Å². The largest absolute Gasteiger partial charge is 0.380 e. The van der Waals surface area contributed by atoms with Crippen LogP contribution in [0.15, 0.2) is 30.6 Å². The van der Waals surface area contributed by atoms with Crippen LogP contribution in [0, 0.1) is 0 Å². The van der Waals surface area contributed by atoms with Gasteiger partial charge in [0.1, 0.15) is 6.04 Å². The highest BCUT2D eigenvalue weighted by Gasteiger charge is 2.45. The Balaban J connectivity index is 0.00000274. The number of piperidine rings is 2. The number of benzene rings is 1. The molecule has 0 saturated carbocycles. The SMILES string of the molecule is CC1(n2cc(CNc3cccc4c3C(=O)N(C3CCC(=O)NC3=O)C4=O)cn2)CCNCC1.Cl. The number of rotatable bonds is 5. The van der Waals surface area contributed by atoms with Gasteiger partial charge >= 0.3 is 0 Å². The molecule has 5 rings (SSSR count). The lowest BCUT2D eigenvalue weighted by atomic mass is 9.91. The second-order valence-corrected chi connectivity index (χ2v) is 9.07. The molecule has 4 amide bonds. The number of anilines is 1. The van der Waals surface area contributed by atoms with Gasteiger partial charge in [-0.05, 0) is 51.4 Å². The Morgan fingerprint density at radius 1 is 1.15 bits per heavy atom. The number of hydrogen-bond donors (Lipinski definition) is 3. The first-order chi connectivity index (χ1) is 15.9. The second kappa shape index (κ2) is 9.19. The van der Waals surface area contributed by atoms with Crippen LogP contribution in [0.4, 0.5) is 5.69 Å². The molecule has 10 nitrogen and oxygen atoms in total. The van der Waals surface area contributed by atoms with E-state index >= 15 is 0 Å². The van der Waals surface area contributed by atoms with Crippen LogP contribution >= 0.6 is 12.4 Å². The van der Waals surface area contributed by atoms with E-state index in [-0.39, 0.29) is 41.9 Å². The molecule has 0 spiro atoms. The van der Waals surface area contributed by atoms with E-state index in [4.69, 9.17) is 0 Å². The minimum atomic E-state index is -0.980. The second-order valence-electron chi connectivity index (χ2n) is 9.07. The van der Waals surface area contributed by atoms with E-state index in [1.54, 1.807) is 18.2 Å². The minimum absolute atomic E-state index is 0. The molecule has 2 saturated heterocycles. The highest BCUT2D eigenvalue weighted by Crippen LogP contribution is 2.33. The van der Waals surface area contributed by atoms with Crippen molar-refractivity contribution in [2.24, 2.45) is 0 Å². The Bertz CT molecular complexity index is 1160. The molecule has 0 radical (unpaired) electrons. The number of carbonyl (C=O) groups is 4. The van der Waals surface area contributed by atoms with Gasteiger partial charge in [0.25, 0.3) is 11.8 Å². The predicted octanol–water partition coefficient (Wildman–Crippen LogP) is 1.42. The van der Waals surface area contributed by atoms with Gasteiger partial charge in [-0.15, -0.1) is 12.4 Å². The summed E-state index contributed by atoms with van der Waals surface area (Å²) in [6.45, 7) is 4.56. The van der Waals surface area contributed by atoms with E-state index < -0.39 is 29.7 Å². The number of nitrogens with zero attached hydrogens (tertiary/aromatic N) is 3. The Labute approximate surface area is 202 Å². The van der Waals surface area contributed by atoms with Crippen LogP contribution in [0.3, 0.4) is 0 Å². The molecule has 4 heterocycles. The quantitative estimate of drug-likeness (QED) is 0.546. The number of fused-ring (bicyclic) bond motifs is 1. The van der Waals surface area contributed by atoms with Crippen molar-refractivity contribution in [3.63, 3.8) is 0 Å². The van der Waals surface area contributed by atoms with Crippen molar-refractivity contribution < 1.29 is 19.2 Å². The zero-order valence-corrected chi connectivity index (χ0v) is 19.6. The number of hydrogen-bond acceptors (Lipinski definition) is 7. The maximum absolute atomic E-state index is 13.2. The fourth-order valence-corrected chi connectivity index (χ4v) is 4.80. The molecule has 1 unspecified atom stereocenters. The number of nitrogens with one attached hydrogen (secondary N) is 3. The van der Waals surface area contributed by atoms with E-state index in [1.807, 2.05) is 17.1 Å². The fraction of sp³-hybridized carbons (Fsp3) is 0.435. The van der Waals surface area contributed by atoms with Crippen LogP contribution in [-0.4, -0.2) is 57.4 Å². The molecule has 34 heavy (non-hydrogen) atoms. The van der Waals surface area contributed by atoms with Gasteiger partial charge in [-0.2, -0.15) is 5.10 Å². The van der Waals surface area contributed by atoms with Crippen LogP contribution in [0.5, 0.6) is 0 Å². The number of halogens is 1. The lowest BCUT2D eigenvalue weighted by Crippen LogP contribution is -2.54. The smallest absolute Gasteiger partial charge is 0.264 e. The van der Waals surface area contributed by atoms with Gasteiger partial charge in [-0.1, -0.05) is 6.07 Å². The molecule has 1 aromatic carbocycles. The summed E-state index contributed by atoms with van der Waals surface area (Å²) >= 11 is 0. The van der Waals surface area contributed by atoms with Crippen LogP contribution in [0.25, 0.3) is 0 Å². The van der Waals surface area contributed by atoms with Crippen LogP contribution < -0.4 is 16.0 Å². The molecule has 2 aromatic rings. The Morgan fingerprint density at radius 3 is 2.65 bits per heavy atom. The summed E-state index contributed by atoms with van der Waals surface area (Å²) in [7, 11) is 0. The summed E-state index contributed by atoms with van der Waals surface area (Å²) in [4.78, 5) is 50.9. The lowest BCUT2D eigenvalue weighted by Gasteiger charge is -2.34. The summed E-state index contributed by atoms with van der Waals surface area (Å²) in [5.41, 5.74) is 1.98. The summed E-state index contributed by atoms with van der Waals surface area (Å²) in [6.07, 6.45) is 6.05. The Morgan fingerprint density at radius 2 is 1.91 bits per heavy atom. The third-order valence-corrected chi connectivity index (χ3v) is 6.82. The lowest BCUT2D eigenvalue weighted by molar-refractivity contribution is -0.136. The summed E-state index contributed by atoms with van der Waals surface area (Å²) in [5.74, 6) is -2.05. The van der Waals surface area contributed by atoms with Gasteiger partial charge in [-0.25, -0.2) is 0 Å². The highest BCUT2D eigenvalue weighted by atomic mass is 35.5. The zero-order valence-electron chi connectivity index (χ0n) is 18.8. The van der Waals surface area contributed by atoms with Gasteiger partial charge in [0.05, 0.1) is 22.9 Å². The number of carbonyl (C=O) groups excluding carboxylic acids is 4. The molecule has 11 heteroatoms. The van der Waals surface area contributed by atoms with E-state index in [9.17, 15) is 19.2 Å². The van der Waals surface area contributed by atoms with Crippen molar-refractivity contribution in [1.82, 2.24) is 25.3 Å². The first-order valence-electron chi connectivity index (χ1n) is 11.2. The van der Waals surface area contributed by atoms with Crippen LogP contribution in [0.1, 0.15) is 58.9 Å². The zero-order chi connectivity index (χ0) is 23.2. The molecule has 2 fully saturated rings. The Kier molecular flexibility index (Phi) is 6.46. The highest BCUT2D eigenvalue weighted by molar-refractivity contribution is 6.25. The van der Waals surface area contributed by atoms with Crippen LogP contribution in [-0.2, 0) is 21.7 Å². The fourth-order valence-electron chi connectivity index (χ4n) is 4.80. The van der Waals surface area contributed by atoms with E-state index in [2.05, 4.69) is 28.0 Å². The van der Waals surface area contributed by atoms with Gasteiger partial charge in [0.2, 0.25) is 11.8 Å². The summed E-state index contributed by atoms with van der Waals surface area (Å²) in [5, 5.41) is 13.4. The van der Waals surface area contributed by atoms with Gasteiger partial charge in [-0.3, -0.25) is 34.1 Å². The normalized spacial score (nSPS) is 21.7. The van der Waals surface area contributed by atoms with Crippen molar-refractivity contribution in [3.05, 3.63) is 47.3 Å². The third kappa shape index (κ3) is 4.07. The molecule has 3 aliphatic heterocycles. The van der Waals surface area contributed by atoms with Gasteiger partial charge in [0.15, 0.2) is 0 Å². The number of amides is 4. The number of aromatic nitrogens is 2. The molecule has 0 aliphatic carbocycles. The molecular formula is C23H27ClN6O4. The summed E-state index contributed by atoms with van der Waals surface area (Å²) in [6, 6.07) is 4.06. The summed E-state index contributed by atoms with van der Waals surface area (Å²) < 4.78 is 2.01. The average molecular weight is 487 g/mol. The number of imide groups is 2. The van der Waals surface area contributed by atoms with Crippen molar-refractivity contribution >= 4 is 41.7 Å². The Hall–Kier alpha value is -3.24. The average Bonchev–Trinajstić information content (AvgIpc) is 3.38. The molecule has 1 aromatic heterocycles. The first kappa shape index (κ1) is 23.9. The standard InChI is InChI=1S/C23H26N6O4.ClH/c1-23(7-9-24-10-8-23)28-13-14(12-26-28)11-25-16-4-2-3-15-19(16)22(33)29(21(15)32)17-5-6-18(30)27-20(17)31;/h2-4,12-13,17,24-25H,5-11H2,1H3,(H,27,30,31);1H. The first-order valence-corrected chi connectivity index (χ1v) is 11.2. The molecule has 180 valence electrons. The van der Waals surface area contributed by atoms with E-state index in [0.29, 0.717) is 12.2 Å². The molecular weight excluding hydrogens is 460 g/mol. The molecule has 1 atom stereocenters. The van der Waals surface area contributed by atoms with Gasteiger partial charge < -0.3 is 10.6 Å². The minimum Gasteiger partial charge on any atom is -0.380 e. The van der Waals surface area contributed by atoms with Crippen LogP contribution in [0.2, 0.25) is 0 Å². The monoisotopic (exact) mass is 486 g/mol. The molecule has 0 bridgehead atoms. The predicted molar refractivity (Wildman–Crippen MR) is 126 cm³/mol. The van der Waals surface area contributed by atoms with Gasteiger partial charge in [0, 0.05) is 30.4 Å². The van der Waals surface area contributed by atoms with Crippen molar-refractivity contribution in [2.45, 2.75) is 50.7 Å². The topological polar surface area (TPSA) is 125 Å². The van der Waals surface area contributed by atoms with E-state index in [1.165, 1.54) is 0 Å². The van der Waals surface area contributed by atoms with Crippen molar-refractivity contribution in [3.8, 4) is 0 Å².